The van der Waals surface area contributed by atoms with Crippen molar-refractivity contribution in [2.75, 3.05) is 0 Å². The molecule has 0 fully saturated rings. The number of halogens is 1. The fourth-order valence-electron chi connectivity index (χ4n) is 0.440. The maximum absolute atomic E-state index is 3.98. The second-order valence-corrected chi connectivity index (χ2v) is 1.59. The molecular weight excluding hydrogens is 118 g/mol. The van der Waals surface area contributed by atoms with E-state index >= 15 is 0 Å². The molecule has 0 saturated heterocycles. The molecule has 40 valence electrons. The van der Waals surface area contributed by atoms with Crippen LogP contribution in [0.25, 0.3) is 0 Å². The Morgan fingerprint density at radius 3 is 2.50 bits per heavy atom. The zero-order valence-electron chi connectivity index (χ0n) is 4.96. The molecule has 0 aliphatic heterocycles. The van der Waals surface area contributed by atoms with Crippen LogP contribution >= 0.6 is 12.4 Å². The standard InChI is InChI=1S/C4H5N2.ClH.Li/c1-6-3-2-5-4-6;;/h2-3H,1H3;1H;. The van der Waals surface area contributed by atoms with Crippen LogP contribution in [0, 0.1) is 0 Å². The summed E-state index contributed by atoms with van der Waals surface area (Å²) in [6.45, 7) is 0. The molecule has 0 aromatic carbocycles. The summed E-state index contributed by atoms with van der Waals surface area (Å²) in [6, 6.07) is 0. The molecule has 0 saturated carbocycles. The molecule has 0 aliphatic carbocycles. The Bertz CT molecular complexity index is 146. The monoisotopic (exact) mass is 124 g/mol. The second-order valence-electron chi connectivity index (χ2n) is 1.59. The van der Waals surface area contributed by atoms with Gasteiger partial charge in [0.1, 0.15) is 0 Å². The topological polar surface area (TPSA) is 17.8 Å². The van der Waals surface area contributed by atoms with Gasteiger partial charge in [0.15, 0.2) is 0 Å². The number of aromatic nitrogens is 2. The molecule has 0 amide bonds. The zero-order chi connectivity index (χ0) is 5.28. The number of aryl methyl sites for hydroxylation is 1. The molecule has 0 aliphatic rings. The SMILES string of the molecule is Cl.[Li][c]1nccn1C. The van der Waals surface area contributed by atoms with Crippen molar-refractivity contribution in [3.63, 3.8) is 0 Å². The summed E-state index contributed by atoms with van der Waals surface area (Å²) >= 11 is 1.97. The van der Waals surface area contributed by atoms with E-state index in [0.717, 1.165) is 4.50 Å². The molecule has 0 N–H and O–H groups in total. The van der Waals surface area contributed by atoms with Crippen molar-refractivity contribution < 1.29 is 0 Å². The first-order chi connectivity index (χ1) is 3.30. The van der Waals surface area contributed by atoms with Crippen molar-refractivity contribution in [1.82, 2.24) is 9.55 Å². The Morgan fingerprint density at radius 2 is 2.38 bits per heavy atom. The van der Waals surface area contributed by atoms with Crippen molar-refractivity contribution >= 4 is 34.6 Å². The Balaban J connectivity index is 0.000000490. The molecule has 8 heavy (non-hydrogen) atoms. The quantitative estimate of drug-likeness (QED) is 0.432. The molecule has 0 unspecified atom stereocenters. The van der Waals surface area contributed by atoms with Crippen molar-refractivity contribution in [2.45, 2.75) is 0 Å². The molecule has 0 radical (unpaired) electrons. The molecule has 0 bridgehead atoms. The van der Waals surface area contributed by atoms with Crippen LogP contribution in [0.2, 0.25) is 0 Å². The van der Waals surface area contributed by atoms with Gasteiger partial charge in [-0.3, -0.25) is 0 Å². The molecule has 1 aromatic rings. The van der Waals surface area contributed by atoms with Crippen LogP contribution in [0.1, 0.15) is 0 Å². The van der Waals surface area contributed by atoms with Crippen LogP contribution in [-0.4, -0.2) is 27.3 Å². The van der Waals surface area contributed by atoms with Gasteiger partial charge in [-0.1, -0.05) is 0 Å². The van der Waals surface area contributed by atoms with Gasteiger partial charge in [0.2, 0.25) is 0 Å². The van der Waals surface area contributed by atoms with Gasteiger partial charge >= 0.3 is 51.2 Å². The third kappa shape index (κ3) is 1.55. The number of rotatable bonds is 0. The molecule has 1 aromatic heterocycles. The number of hydrogen-bond acceptors (Lipinski definition) is 1. The van der Waals surface area contributed by atoms with Gasteiger partial charge in [0.25, 0.3) is 0 Å². The van der Waals surface area contributed by atoms with Crippen molar-refractivity contribution in [3.8, 4) is 0 Å². The van der Waals surface area contributed by atoms with Gasteiger partial charge in [-0.15, -0.1) is 12.4 Å². The van der Waals surface area contributed by atoms with Gasteiger partial charge in [0, 0.05) is 0 Å². The molecule has 0 spiro atoms. The predicted molar refractivity (Wildman–Crippen MR) is 35.8 cm³/mol. The summed E-state index contributed by atoms with van der Waals surface area (Å²) in [5.41, 5.74) is 0. The first-order valence-corrected chi connectivity index (χ1v) is 2.24. The van der Waals surface area contributed by atoms with E-state index in [2.05, 4.69) is 4.98 Å². The fourth-order valence-corrected chi connectivity index (χ4v) is 0.440. The first kappa shape index (κ1) is 8.10. The van der Waals surface area contributed by atoms with Crippen molar-refractivity contribution in [3.05, 3.63) is 12.4 Å². The molecular formula is C4H6ClLiN2. The van der Waals surface area contributed by atoms with E-state index in [-0.39, 0.29) is 12.4 Å². The predicted octanol–water partition coefficient (Wildman–Crippen LogP) is -0.364. The van der Waals surface area contributed by atoms with E-state index in [0.29, 0.717) is 0 Å². The second kappa shape index (κ2) is 3.19. The summed E-state index contributed by atoms with van der Waals surface area (Å²) < 4.78 is 3.03. The maximum atomic E-state index is 3.98. The Labute approximate surface area is 63.9 Å². The Hall–Kier alpha value is 0.0974. The van der Waals surface area contributed by atoms with Crippen LogP contribution in [0.15, 0.2) is 12.4 Å². The minimum absolute atomic E-state index is 0. The van der Waals surface area contributed by atoms with E-state index in [4.69, 9.17) is 0 Å². The van der Waals surface area contributed by atoms with E-state index in [1.54, 1.807) is 6.20 Å². The summed E-state index contributed by atoms with van der Waals surface area (Å²) in [6.07, 6.45) is 3.71. The van der Waals surface area contributed by atoms with Crippen molar-refractivity contribution in [2.24, 2.45) is 7.05 Å². The minimum atomic E-state index is 0. The Kier molecular flexibility index (Phi) is 3.23. The van der Waals surface area contributed by atoms with Crippen LogP contribution in [0.4, 0.5) is 0 Å². The number of nitrogens with zero attached hydrogens (tertiary/aromatic N) is 2. The van der Waals surface area contributed by atoms with Crippen LogP contribution in [0.3, 0.4) is 0 Å². The first-order valence-electron chi connectivity index (χ1n) is 2.24. The van der Waals surface area contributed by atoms with Gasteiger partial charge in [0.05, 0.1) is 0 Å². The molecule has 1 rings (SSSR count). The number of imidazole rings is 1. The summed E-state index contributed by atoms with van der Waals surface area (Å²) in [5.74, 6) is 0. The van der Waals surface area contributed by atoms with E-state index in [1.165, 1.54) is 0 Å². The van der Waals surface area contributed by atoms with Crippen LogP contribution in [-0.2, 0) is 7.05 Å². The van der Waals surface area contributed by atoms with Crippen LogP contribution in [0.5, 0.6) is 0 Å². The van der Waals surface area contributed by atoms with E-state index in [9.17, 15) is 0 Å². The number of hydrogen-bond donors (Lipinski definition) is 0. The molecule has 1 heterocycles. The Morgan fingerprint density at radius 1 is 1.75 bits per heavy atom. The third-order valence-corrected chi connectivity index (χ3v) is 1.06. The average Bonchev–Trinajstić information content (AvgIpc) is 1.91. The summed E-state index contributed by atoms with van der Waals surface area (Å²) in [4.78, 5) is 3.98. The zero-order valence-corrected chi connectivity index (χ0v) is 5.77. The van der Waals surface area contributed by atoms with E-state index < -0.39 is 0 Å². The average molecular weight is 124 g/mol. The molecule has 0 atom stereocenters. The fraction of sp³-hybridized carbons (Fsp3) is 0.250. The van der Waals surface area contributed by atoms with Gasteiger partial charge in [-0.2, -0.15) is 0 Å². The van der Waals surface area contributed by atoms with Gasteiger partial charge in [-0.25, -0.2) is 0 Å². The normalized spacial score (nSPS) is 8.38. The summed E-state index contributed by atoms with van der Waals surface area (Å²) in [7, 11) is 1.97. The third-order valence-electron chi connectivity index (χ3n) is 1.06. The molecule has 2 nitrogen and oxygen atoms in total. The van der Waals surface area contributed by atoms with Crippen LogP contribution < -0.4 is 4.50 Å². The van der Waals surface area contributed by atoms with Crippen molar-refractivity contribution in [1.29, 1.82) is 0 Å². The summed E-state index contributed by atoms with van der Waals surface area (Å²) in [5, 5.41) is 0. The molecule has 4 heteroatoms. The van der Waals surface area contributed by atoms with E-state index in [1.807, 2.05) is 35.5 Å². The van der Waals surface area contributed by atoms with Gasteiger partial charge in [-0.05, 0) is 0 Å². The van der Waals surface area contributed by atoms with Gasteiger partial charge < -0.3 is 0 Å².